The third-order valence-corrected chi connectivity index (χ3v) is 5.28. The van der Waals surface area contributed by atoms with Crippen molar-refractivity contribution < 1.29 is 19.1 Å². The smallest absolute Gasteiger partial charge is 0.248 e. The van der Waals surface area contributed by atoms with Crippen LogP contribution in [0.5, 0.6) is 11.5 Å². The minimum absolute atomic E-state index is 0.117. The molecule has 0 saturated carbocycles. The van der Waals surface area contributed by atoms with Crippen LogP contribution in [0.25, 0.3) is 0 Å². The van der Waals surface area contributed by atoms with E-state index in [0.29, 0.717) is 18.0 Å². The molecule has 6 nitrogen and oxygen atoms in total. The number of Topliss-reactive ketones (excluding diaryl/α,β-unsaturated/α-hetero) is 1. The molecule has 154 valence electrons. The number of hydrogen-bond donors (Lipinski definition) is 1. The van der Waals surface area contributed by atoms with E-state index in [9.17, 15) is 9.59 Å². The molecule has 2 N–H and O–H groups in total. The Balaban J connectivity index is 0.00000117. The molecule has 2 heterocycles. The predicted octanol–water partition coefficient (Wildman–Crippen LogP) is 3.66. The van der Waals surface area contributed by atoms with Crippen molar-refractivity contribution in [3.8, 4) is 11.5 Å². The van der Waals surface area contributed by atoms with Crippen molar-refractivity contribution >= 4 is 11.7 Å². The molecule has 0 radical (unpaired) electrons. The lowest BCUT2D eigenvalue weighted by Gasteiger charge is -2.23. The zero-order valence-electron chi connectivity index (χ0n) is 17.2. The third-order valence-electron chi connectivity index (χ3n) is 5.28. The maximum absolute atomic E-state index is 11.8. The summed E-state index contributed by atoms with van der Waals surface area (Å²) in [6, 6.07) is 13.5. The van der Waals surface area contributed by atoms with E-state index in [1.807, 2.05) is 38.1 Å². The Morgan fingerprint density at radius 3 is 2.34 bits per heavy atom. The SMILES string of the molecule is CC.CC(=O)CN1CC(c2ccc3c(c2)OCO3)CC1c1ccc(C(N)=O)cc1. The Kier molecular flexibility index (Phi) is 6.54. The number of fused-ring (bicyclic) bond motifs is 1. The second-order valence-corrected chi connectivity index (χ2v) is 7.18. The van der Waals surface area contributed by atoms with Crippen molar-refractivity contribution in [3.05, 3.63) is 59.2 Å². The van der Waals surface area contributed by atoms with Crippen LogP contribution >= 0.6 is 0 Å². The van der Waals surface area contributed by atoms with E-state index in [4.69, 9.17) is 15.2 Å². The molecule has 0 spiro atoms. The maximum atomic E-state index is 11.8. The number of hydrogen-bond acceptors (Lipinski definition) is 5. The lowest BCUT2D eigenvalue weighted by atomic mass is 9.93. The number of primary amides is 1. The van der Waals surface area contributed by atoms with Gasteiger partial charge >= 0.3 is 0 Å². The summed E-state index contributed by atoms with van der Waals surface area (Å²) >= 11 is 0. The van der Waals surface area contributed by atoms with Crippen LogP contribution < -0.4 is 15.2 Å². The number of rotatable bonds is 5. The first kappa shape index (κ1) is 20.9. The summed E-state index contributed by atoms with van der Waals surface area (Å²) in [7, 11) is 0. The van der Waals surface area contributed by atoms with Crippen molar-refractivity contribution in [2.45, 2.75) is 39.2 Å². The highest BCUT2D eigenvalue weighted by molar-refractivity contribution is 5.92. The third kappa shape index (κ3) is 4.59. The normalized spacial score (nSPS) is 20.1. The fourth-order valence-electron chi connectivity index (χ4n) is 3.99. The molecule has 2 aromatic rings. The highest BCUT2D eigenvalue weighted by Gasteiger charge is 2.35. The van der Waals surface area contributed by atoms with Gasteiger partial charge < -0.3 is 15.2 Å². The fraction of sp³-hybridized carbons (Fsp3) is 0.391. The number of ketones is 1. The monoisotopic (exact) mass is 396 g/mol. The molecule has 2 atom stereocenters. The van der Waals surface area contributed by atoms with Gasteiger partial charge in [0.2, 0.25) is 12.7 Å². The Labute approximate surface area is 171 Å². The summed E-state index contributed by atoms with van der Waals surface area (Å²) in [5.41, 5.74) is 8.10. The first-order chi connectivity index (χ1) is 14.0. The number of likely N-dealkylation sites (tertiary alicyclic amines) is 1. The van der Waals surface area contributed by atoms with Crippen molar-refractivity contribution in [1.82, 2.24) is 4.90 Å². The van der Waals surface area contributed by atoms with Crippen LogP contribution in [-0.4, -0.2) is 36.5 Å². The lowest BCUT2D eigenvalue weighted by Crippen LogP contribution is -2.29. The second kappa shape index (κ2) is 9.09. The van der Waals surface area contributed by atoms with E-state index in [1.54, 1.807) is 19.1 Å². The van der Waals surface area contributed by atoms with Gasteiger partial charge in [0.05, 0.1) is 6.54 Å². The summed E-state index contributed by atoms with van der Waals surface area (Å²) < 4.78 is 10.9. The Morgan fingerprint density at radius 1 is 1.03 bits per heavy atom. The number of nitrogens with two attached hydrogens (primary N) is 1. The van der Waals surface area contributed by atoms with Gasteiger partial charge in [-0.3, -0.25) is 14.5 Å². The fourth-order valence-corrected chi connectivity index (χ4v) is 3.99. The van der Waals surface area contributed by atoms with E-state index in [1.165, 1.54) is 5.56 Å². The summed E-state index contributed by atoms with van der Waals surface area (Å²) in [5.74, 6) is 1.54. The van der Waals surface area contributed by atoms with E-state index >= 15 is 0 Å². The average Bonchev–Trinajstić information content (AvgIpc) is 3.35. The van der Waals surface area contributed by atoms with Crippen LogP contribution in [0.15, 0.2) is 42.5 Å². The summed E-state index contributed by atoms with van der Waals surface area (Å²) in [6.07, 6.45) is 0.892. The topological polar surface area (TPSA) is 81.9 Å². The van der Waals surface area contributed by atoms with E-state index < -0.39 is 5.91 Å². The number of carbonyl (C=O) groups is 2. The molecule has 0 bridgehead atoms. The van der Waals surface area contributed by atoms with Crippen molar-refractivity contribution in [3.63, 3.8) is 0 Å². The number of carbonyl (C=O) groups excluding carboxylic acids is 2. The van der Waals surface area contributed by atoms with E-state index in [2.05, 4.69) is 11.0 Å². The van der Waals surface area contributed by atoms with E-state index in [0.717, 1.165) is 30.0 Å². The first-order valence-corrected chi connectivity index (χ1v) is 10.0. The lowest BCUT2D eigenvalue weighted by molar-refractivity contribution is -0.118. The summed E-state index contributed by atoms with van der Waals surface area (Å²) in [4.78, 5) is 25.3. The van der Waals surface area contributed by atoms with Gasteiger partial charge in [0, 0.05) is 18.2 Å². The van der Waals surface area contributed by atoms with Gasteiger partial charge in [0.15, 0.2) is 11.5 Å². The molecule has 4 rings (SSSR count). The number of benzene rings is 2. The van der Waals surface area contributed by atoms with Crippen molar-refractivity contribution in [2.24, 2.45) is 5.73 Å². The van der Waals surface area contributed by atoms with Gasteiger partial charge in [0.1, 0.15) is 5.78 Å². The molecule has 1 saturated heterocycles. The quantitative estimate of drug-likeness (QED) is 0.834. The summed E-state index contributed by atoms with van der Waals surface area (Å²) in [5, 5.41) is 0. The second-order valence-electron chi connectivity index (χ2n) is 7.18. The Bertz CT molecular complexity index is 879. The first-order valence-electron chi connectivity index (χ1n) is 10.0. The summed E-state index contributed by atoms with van der Waals surface area (Å²) in [6.45, 7) is 7.07. The average molecular weight is 396 g/mol. The zero-order chi connectivity index (χ0) is 21.0. The van der Waals surface area contributed by atoms with E-state index in [-0.39, 0.29) is 18.6 Å². The Hall–Kier alpha value is -2.86. The Morgan fingerprint density at radius 2 is 1.69 bits per heavy atom. The molecular formula is C23H28N2O4. The molecule has 2 aliphatic heterocycles. The van der Waals surface area contributed by atoms with Crippen LogP contribution in [0.1, 0.15) is 60.6 Å². The van der Waals surface area contributed by atoms with Gasteiger partial charge in [-0.2, -0.15) is 0 Å². The molecule has 1 fully saturated rings. The van der Waals surface area contributed by atoms with Crippen LogP contribution in [0, 0.1) is 0 Å². The number of ether oxygens (including phenoxy) is 2. The van der Waals surface area contributed by atoms with Gasteiger partial charge in [-0.1, -0.05) is 32.0 Å². The highest BCUT2D eigenvalue weighted by Crippen LogP contribution is 2.43. The van der Waals surface area contributed by atoms with Crippen LogP contribution in [0.4, 0.5) is 0 Å². The molecule has 29 heavy (non-hydrogen) atoms. The van der Waals surface area contributed by atoms with Crippen molar-refractivity contribution in [2.75, 3.05) is 19.9 Å². The van der Waals surface area contributed by atoms with Gasteiger partial charge in [-0.05, 0) is 54.7 Å². The molecule has 0 aliphatic carbocycles. The highest BCUT2D eigenvalue weighted by atomic mass is 16.7. The minimum Gasteiger partial charge on any atom is -0.454 e. The molecule has 2 aromatic carbocycles. The van der Waals surface area contributed by atoms with Gasteiger partial charge in [-0.25, -0.2) is 0 Å². The predicted molar refractivity (Wildman–Crippen MR) is 111 cm³/mol. The maximum Gasteiger partial charge on any atom is 0.248 e. The van der Waals surface area contributed by atoms with Crippen molar-refractivity contribution in [1.29, 1.82) is 0 Å². The van der Waals surface area contributed by atoms with Crippen LogP contribution in [0.2, 0.25) is 0 Å². The largest absolute Gasteiger partial charge is 0.454 e. The number of amides is 1. The molecular weight excluding hydrogens is 368 g/mol. The molecule has 1 amide bonds. The molecule has 0 aromatic heterocycles. The minimum atomic E-state index is -0.438. The van der Waals surface area contributed by atoms with Crippen LogP contribution in [0.3, 0.4) is 0 Å². The van der Waals surface area contributed by atoms with Crippen LogP contribution in [-0.2, 0) is 4.79 Å². The zero-order valence-corrected chi connectivity index (χ0v) is 17.2. The van der Waals surface area contributed by atoms with Gasteiger partial charge in [-0.15, -0.1) is 0 Å². The molecule has 2 unspecified atom stereocenters. The molecule has 6 heteroatoms. The van der Waals surface area contributed by atoms with Gasteiger partial charge in [0.25, 0.3) is 0 Å². The standard InChI is InChI=1S/C21H22N2O4.C2H6/c1-13(24)10-23-11-17(16-6-7-19-20(9-16)27-12-26-19)8-18(23)14-2-4-15(5-3-14)21(22)25;1-2/h2-7,9,17-18H,8,10-12H2,1H3,(H2,22,25);1-2H3. The molecule has 2 aliphatic rings. The number of nitrogens with zero attached hydrogens (tertiary/aromatic N) is 1.